The average molecular weight is 377 g/mol. The van der Waals surface area contributed by atoms with Crippen molar-refractivity contribution >= 4 is 0 Å². The number of piperidine rings is 1. The average Bonchev–Trinajstić information content (AvgIpc) is 2.71. The predicted molar refractivity (Wildman–Crippen MR) is 117 cm³/mol. The Kier molecular flexibility index (Phi) is 6.28. The van der Waals surface area contributed by atoms with Gasteiger partial charge >= 0.3 is 0 Å². The number of quaternary nitrogens is 1. The Balaban J connectivity index is 1.97. The highest BCUT2D eigenvalue weighted by Gasteiger charge is 2.45. The van der Waals surface area contributed by atoms with Crippen LogP contribution >= 0.6 is 0 Å². The first-order chi connectivity index (χ1) is 13.4. The number of likely N-dealkylation sites (tertiary alicyclic amines) is 1. The van der Waals surface area contributed by atoms with Crippen LogP contribution in [0, 0.1) is 11.8 Å². The molecule has 1 saturated heterocycles. The van der Waals surface area contributed by atoms with Gasteiger partial charge in [-0.25, -0.2) is 0 Å². The second kappa shape index (κ2) is 8.52. The van der Waals surface area contributed by atoms with Gasteiger partial charge in [-0.3, -0.25) is 0 Å². The minimum Gasteiger partial charge on any atom is -0.379 e. The maximum atomic E-state index is 11.7. The number of hydrogen-bond donors (Lipinski definition) is 1. The van der Waals surface area contributed by atoms with Gasteiger partial charge in [-0.05, 0) is 36.3 Å². The molecular weight excluding hydrogens is 342 g/mol. The Morgan fingerprint density at radius 3 is 2.04 bits per heavy atom. The molecule has 1 aliphatic heterocycles. The lowest BCUT2D eigenvalue weighted by Gasteiger charge is -2.49. The molecule has 2 aromatic carbocycles. The monoisotopic (exact) mass is 376 g/mol. The van der Waals surface area contributed by atoms with Crippen molar-refractivity contribution < 1.29 is 9.59 Å². The number of benzene rings is 2. The van der Waals surface area contributed by atoms with Crippen molar-refractivity contribution in [3.63, 3.8) is 0 Å². The third-order valence-electron chi connectivity index (χ3n) is 6.55. The summed E-state index contributed by atoms with van der Waals surface area (Å²) in [5.41, 5.74) is 0.714. The van der Waals surface area contributed by atoms with Gasteiger partial charge in [0.25, 0.3) is 0 Å². The molecule has 0 aliphatic carbocycles. The smallest absolute Gasteiger partial charge is 0.160 e. The van der Waals surface area contributed by atoms with Crippen LogP contribution in [-0.2, 0) is 5.60 Å². The van der Waals surface area contributed by atoms with Gasteiger partial charge in [-0.15, -0.1) is 0 Å². The molecule has 0 bridgehead atoms. The number of nitrogens with zero attached hydrogens (tertiary/aromatic N) is 1. The molecule has 148 valence electrons. The molecule has 1 unspecified atom stereocenters. The second-order valence-electron chi connectivity index (χ2n) is 8.72. The van der Waals surface area contributed by atoms with E-state index in [2.05, 4.69) is 32.9 Å². The zero-order valence-corrected chi connectivity index (χ0v) is 17.6. The summed E-state index contributed by atoms with van der Waals surface area (Å²) in [4.78, 5) is 0. The Morgan fingerprint density at radius 2 is 1.54 bits per heavy atom. The van der Waals surface area contributed by atoms with Crippen molar-refractivity contribution in [2.45, 2.75) is 56.6 Å². The minimum absolute atomic E-state index is 0.00128. The van der Waals surface area contributed by atoms with Crippen molar-refractivity contribution in [2.75, 3.05) is 20.6 Å². The van der Waals surface area contributed by atoms with Crippen molar-refractivity contribution in [3.05, 3.63) is 71.8 Å². The summed E-state index contributed by atoms with van der Waals surface area (Å²) < 4.78 is 0.961. The molecule has 0 spiro atoms. The largest absolute Gasteiger partial charge is 0.379 e. The zero-order chi connectivity index (χ0) is 20.1. The summed E-state index contributed by atoms with van der Waals surface area (Å²) in [6, 6.07) is 19.9. The van der Waals surface area contributed by atoms with Crippen LogP contribution in [0.4, 0.5) is 0 Å². The fraction of sp³-hybridized carbons (Fsp3) is 0.462. The standard InChI is InChI=1S/C26H34NO/c1-4-18-25(19-11-12-22-27(25,2)3)20-13-21-26(28,23-14-7-5-8-15-23)24-16-9-6-10-17-24/h5-10,14-17,28H,4,11-12,18-19,21-22H2,1-3H3/q+1. The van der Waals surface area contributed by atoms with Gasteiger partial charge in [0.05, 0.1) is 20.6 Å². The van der Waals surface area contributed by atoms with Gasteiger partial charge in [-0.1, -0.05) is 73.5 Å². The Bertz CT molecular complexity index is 772. The highest BCUT2D eigenvalue weighted by atomic mass is 16.3. The number of aliphatic hydroxyl groups is 1. The summed E-state index contributed by atoms with van der Waals surface area (Å²) in [6.45, 7) is 3.43. The van der Waals surface area contributed by atoms with E-state index in [4.69, 9.17) is 0 Å². The quantitative estimate of drug-likeness (QED) is 0.567. The highest BCUT2D eigenvalue weighted by Crippen LogP contribution is 2.37. The first kappa shape index (κ1) is 20.6. The molecule has 0 aromatic heterocycles. The minimum atomic E-state index is -1.09. The van der Waals surface area contributed by atoms with Gasteiger partial charge in [-0.2, -0.15) is 0 Å². The van der Waals surface area contributed by atoms with Crippen molar-refractivity contribution in [1.82, 2.24) is 0 Å². The van der Waals surface area contributed by atoms with E-state index in [1.54, 1.807) is 0 Å². The lowest BCUT2D eigenvalue weighted by atomic mass is 9.80. The van der Waals surface area contributed by atoms with Gasteiger partial charge < -0.3 is 9.59 Å². The molecule has 1 heterocycles. The predicted octanol–water partition coefficient (Wildman–Crippen LogP) is 5.12. The molecule has 2 nitrogen and oxygen atoms in total. The van der Waals surface area contributed by atoms with Crippen LogP contribution in [0.5, 0.6) is 0 Å². The van der Waals surface area contributed by atoms with E-state index < -0.39 is 5.60 Å². The highest BCUT2D eigenvalue weighted by molar-refractivity contribution is 5.38. The van der Waals surface area contributed by atoms with Crippen LogP contribution in [0.25, 0.3) is 0 Å². The van der Waals surface area contributed by atoms with Gasteiger partial charge in [0.2, 0.25) is 0 Å². The van der Waals surface area contributed by atoms with Crippen LogP contribution in [0.2, 0.25) is 0 Å². The third kappa shape index (κ3) is 4.02. The number of hydrogen-bond acceptors (Lipinski definition) is 1. The molecule has 1 N–H and O–H groups in total. The lowest BCUT2D eigenvalue weighted by molar-refractivity contribution is -0.938. The van der Waals surface area contributed by atoms with Crippen LogP contribution in [-0.4, -0.2) is 35.8 Å². The van der Waals surface area contributed by atoms with E-state index in [1.807, 2.05) is 60.7 Å². The molecule has 28 heavy (non-hydrogen) atoms. The van der Waals surface area contributed by atoms with Gasteiger partial charge in [0.15, 0.2) is 5.54 Å². The Labute approximate surface area is 170 Å². The first-order valence-corrected chi connectivity index (χ1v) is 10.6. The normalized spacial score (nSPS) is 21.6. The van der Waals surface area contributed by atoms with Crippen molar-refractivity contribution in [1.29, 1.82) is 0 Å². The fourth-order valence-corrected chi connectivity index (χ4v) is 4.69. The number of rotatable bonds is 5. The topological polar surface area (TPSA) is 20.2 Å². The maximum absolute atomic E-state index is 11.7. The Hall–Kier alpha value is -2.08. The lowest BCUT2D eigenvalue weighted by Crippen LogP contribution is -2.61. The van der Waals surface area contributed by atoms with Crippen LogP contribution in [0.1, 0.15) is 56.6 Å². The molecule has 0 radical (unpaired) electrons. The second-order valence-corrected chi connectivity index (χ2v) is 8.72. The molecule has 0 saturated carbocycles. The van der Waals surface area contributed by atoms with E-state index in [9.17, 15) is 5.11 Å². The fourth-order valence-electron chi connectivity index (χ4n) is 4.69. The summed E-state index contributed by atoms with van der Waals surface area (Å²) in [6.07, 6.45) is 6.33. The van der Waals surface area contributed by atoms with Crippen molar-refractivity contribution in [2.24, 2.45) is 0 Å². The molecule has 0 amide bonds. The molecule has 2 heteroatoms. The van der Waals surface area contributed by atoms with Crippen LogP contribution < -0.4 is 0 Å². The SMILES string of the molecule is CCCC1(C#CCC(O)(c2ccccc2)c2ccccc2)CCCC[N+]1(C)C. The van der Waals surface area contributed by atoms with Gasteiger partial charge in [0, 0.05) is 19.3 Å². The third-order valence-corrected chi connectivity index (χ3v) is 6.55. The summed E-state index contributed by atoms with van der Waals surface area (Å²) in [7, 11) is 4.65. The molecule has 2 aromatic rings. The summed E-state index contributed by atoms with van der Waals surface area (Å²) in [5.74, 6) is 7.14. The zero-order valence-electron chi connectivity index (χ0n) is 17.6. The maximum Gasteiger partial charge on any atom is 0.160 e. The summed E-state index contributed by atoms with van der Waals surface area (Å²) in [5, 5.41) is 11.7. The van der Waals surface area contributed by atoms with E-state index in [-0.39, 0.29) is 5.54 Å². The van der Waals surface area contributed by atoms with Gasteiger partial charge in [0.1, 0.15) is 5.60 Å². The van der Waals surface area contributed by atoms with Crippen LogP contribution in [0.15, 0.2) is 60.7 Å². The molecule has 1 fully saturated rings. The molecule has 1 atom stereocenters. The summed E-state index contributed by atoms with van der Waals surface area (Å²) >= 11 is 0. The van der Waals surface area contributed by atoms with E-state index in [0.717, 1.165) is 34.9 Å². The molecule has 3 rings (SSSR count). The molecular formula is C26H34NO+. The first-order valence-electron chi connectivity index (χ1n) is 10.6. The van der Waals surface area contributed by atoms with E-state index in [0.29, 0.717) is 6.42 Å². The van der Waals surface area contributed by atoms with Crippen LogP contribution in [0.3, 0.4) is 0 Å². The Morgan fingerprint density at radius 1 is 0.964 bits per heavy atom. The molecule has 1 aliphatic rings. The van der Waals surface area contributed by atoms with E-state index in [1.165, 1.54) is 19.4 Å². The van der Waals surface area contributed by atoms with Crippen molar-refractivity contribution in [3.8, 4) is 11.8 Å². The van der Waals surface area contributed by atoms with E-state index >= 15 is 0 Å².